The van der Waals surface area contributed by atoms with E-state index in [9.17, 15) is 0 Å². The predicted molar refractivity (Wildman–Crippen MR) is 177 cm³/mol. The molecule has 0 N–H and O–H groups in total. The van der Waals surface area contributed by atoms with Crippen LogP contribution in [0.15, 0.2) is 103 Å². The average Bonchev–Trinajstić information content (AvgIpc) is 3.57. The molecule has 0 fully saturated rings. The van der Waals surface area contributed by atoms with Gasteiger partial charge in [-0.3, -0.25) is 0 Å². The van der Waals surface area contributed by atoms with E-state index in [1.54, 1.807) is 15.9 Å². The molecule has 2 aliphatic carbocycles. The lowest BCUT2D eigenvalue weighted by Crippen LogP contribution is -2.61. The summed E-state index contributed by atoms with van der Waals surface area (Å²) in [6.45, 7) is 15.3. The summed E-state index contributed by atoms with van der Waals surface area (Å²) in [5, 5.41) is 6.17. The van der Waals surface area contributed by atoms with E-state index in [2.05, 4.69) is 149 Å². The number of hydrogen-bond acceptors (Lipinski definition) is 0. The zero-order valence-corrected chi connectivity index (χ0v) is 26.1. The zero-order chi connectivity index (χ0) is 27.4. The Labute approximate surface area is 235 Å². The van der Waals surface area contributed by atoms with Gasteiger partial charge >= 0.3 is 0 Å². The largest absolute Gasteiger partial charge is 0.0801 e. The van der Waals surface area contributed by atoms with Gasteiger partial charge in [-0.05, 0) is 77.8 Å². The minimum absolute atomic E-state index is 1.02. The van der Waals surface area contributed by atoms with Crippen LogP contribution in [0.2, 0.25) is 39.3 Å². The molecule has 6 rings (SSSR count). The molecule has 0 spiro atoms. The first-order valence-corrected chi connectivity index (χ1v) is 21.2. The fourth-order valence-corrected chi connectivity index (χ4v) is 10.8. The molecule has 4 aromatic rings. The summed E-state index contributed by atoms with van der Waals surface area (Å²) in [6, 6.07) is 31.3. The summed E-state index contributed by atoms with van der Waals surface area (Å²) < 4.78 is 0. The molecule has 0 atom stereocenters. The van der Waals surface area contributed by atoms with Crippen LogP contribution < -0.4 is 20.8 Å². The van der Waals surface area contributed by atoms with Crippen molar-refractivity contribution in [3.63, 3.8) is 0 Å². The number of allylic oxidation sites excluding steroid dienone is 4. The summed E-state index contributed by atoms with van der Waals surface area (Å²) in [6.07, 6.45) is 10.5. The van der Waals surface area contributed by atoms with Crippen LogP contribution in [-0.2, 0) is 0 Å². The third-order valence-electron chi connectivity index (χ3n) is 8.04. The van der Waals surface area contributed by atoms with Gasteiger partial charge in [-0.1, -0.05) is 142 Å². The normalized spacial score (nSPS) is 14.1. The van der Waals surface area contributed by atoms with Crippen LogP contribution in [0, 0.1) is 0 Å². The lowest BCUT2D eigenvalue weighted by molar-refractivity contribution is 1.41. The van der Waals surface area contributed by atoms with Crippen molar-refractivity contribution < 1.29 is 0 Å². The van der Waals surface area contributed by atoms with Gasteiger partial charge in [0.2, 0.25) is 0 Å². The van der Waals surface area contributed by atoms with Crippen molar-refractivity contribution in [1.29, 1.82) is 0 Å². The molecular weight excluding hydrogens is 501 g/mol. The standard InChI is InChI=1S/C37H38Si2/c1-38(2,3)36-33(28-21-13-14-22-28)37(39(4,5)6)35(31-25-29-23-15-16-24-30(29)34(31)36)32(26-17-9-7-10-18-26)27-19-11-8-12-20-27/h7-21,23-25H,22H2,1-6H3. The molecule has 0 amide bonds. The Hall–Kier alpha value is -3.47. The monoisotopic (exact) mass is 538 g/mol. The van der Waals surface area contributed by atoms with Gasteiger partial charge in [0, 0.05) is 0 Å². The van der Waals surface area contributed by atoms with E-state index in [-0.39, 0.29) is 0 Å². The molecule has 2 aliphatic rings. The Kier molecular flexibility index (Phi) is 6.36. The van der Waals surface area contributed by atoms with Gasteiger partial charge in [0.25, 0.3) is 0 Å². The average molecular weight is 539 g/mol. The van der Waals surface area contributed by atoms with Crippen LogP contribution in [0.1, 0.15) is 28.7 Å². The van der Waals surface area contributed by atoms with Crippen molar-refractivity contribution in [3.8, 4) is 11.1 Å². The fourth-order valence-electron chi connectivity index (χ4n) is 6.58. The van der Waals surface area contributed by atoms with Crippen LogP contribution in [0.3, 0.4) is 0 Å². The van der Waals surface area contributed by atoms with Crippen molar-refractivity contribution >= 4 is 43.7 Å². The van der Waals surface area contributed by atoms with Gasteiger partial charge in [-0.15, -0.1) is 0 Å². The van der Waals surface area contributed by atoms with Gasteiger partial charge in [0.05, 0.1) is 16.1 Å². The third kappa shape index (κ3) is 4.46. The highest BCUT2D eigenvalue weighted by Gasteiger charge is 2.36. The molecule has 0 saturated heterocycles. The maximum absolute atomic E-state index is 2.55. The molecule has 0 nitrogen and oxygen atoms in total. The molecule has 39 heavy (non-hydrogen) atoms. The number of rotatable bonds is 5. The highest BCUT2D eigenvalue weighted by Crippen LogP contribution is 2.32. The molecule has 0 unspecified atom stereocenters. The SMILES string of the molecule is C[Si](C)(C)c1c(C2=CC=CC2)c([Si](C)(C)C)c(=C(c2ccccc2)c2ccccc2)c2c1-c1ccccc1C=2. The molecular formula is C37H38Si2. The fraction of sp³-hybridized carbons (Fsp3) is 0.189. The van der Waals surface area contributed by atoms with Gasteiger partial charge < -0.3 is 0 Å². The zero-order valence-electron chi connectivity index (χ0n) is 24.1. The number of fused-ring (bicyclic) bond motifs is 3. The molecule has 0 bridgehead atoms. The van der Waals surface area contributed by atoms with Crippen molar-refractivity contribution in [2.45, 2.75) is 45.7 Å². The molecule has 0 radical (unpaired) electrons. The Morgan fingerprint density at radius 3 is 1.72 bits per heavy atom. The van der Waals surface area contributed by atoms with E-state index >= 15 is 0 Å². The molecule has 2 heteroatoms. The van der Waals surface area contributed by atoms with Gasteiger partial charge in [-0.2, -0.15) is 0 Å². The van der Waals surface area contributed by atoms with Crippen molar-refractivity contribution in [3.05, 3.63) is 136 Å². The summed E-state index contributed by atoms with van der Waals surface area (Å²) in [7, 11) is -3.63. The quantitative estimate of drug-likeness (QED) is 0.208. The molecule has 4 aromatic carbocycles. The van der Waals surface area contributed by atoms with E-state index in [0.29, 0.717) is 0 Å². The summed E-state index contributed by atoms with van der Waals surface area (Å²) in [5.41, 5.74) is 11.3. The predicted octanol–water partition coefficient (Wildman–Crippen LogP) is 7.18. The topological polar surface area (TPSA) is 0 Å². The Morgan fingerprint density at radius 2 is 1.18 bits per heavy atom. The Morgan fingerprint density at radius 1 is 0.615 bits per heavy atom. The second kappa shape index (κ2) is 9.62. The molecule has 0 heterocycles. The van der Waals surface area contributed by atoms with E-state index in [0.717, 1.165) is 6.42 Å². The van der Waals surface area contributed by atoms with E-state index in [1.165, 1.54) is 49.4 Å². The first-order valence-electron chi connectivity index (χ1n) is 14.2. The first-order chi connectivity index (χ1) is 18.7. The van der Waals surface area contributed by atoms with Crippen LogP contribution in [0.25, 0.3) is 28.3 Å². The van der Waals surface area contributed by atoms with Gasteiger partial charge in [0.15, 0.2) is 0 Å². The molecule has 0 aliphatic heterocycles. The minimum atomic E-state index is -1.86. The van der Waals surface area contributed by atoms with Crippen LogP contribution >= 0.6 is 0 Å². The molecule has 0 aromatic heterocycles. The third-order valence-corrected chi connectivity index (χ3v) is 12.0. The molecule has 0 saturated carbocycles. The number of benzene rings is 4. The maximum atomic E-state index is 2.55. The van der Waals surface area contributed by atoms with Crippen molar-refractivity contribution in [2.75, 3.05) is 0 Å². The number of hydrogen-bond donors (Lipinski definition) is 0. The Bertz CT molecular complexity index is 1720. The van der Waals surface area contributed by atoms with Crippen LogP contribution in [0.5, 0.6) is 0 Å². The van der Waals surface area contributed by atoms with E-state index in [1.807, 2.05) is 0 Å². The summed E-state index contributed by atoms with van der Waals surface area (Å²) in [4.78, 5) is 0. The van der Waals surface area contributed by atoms with Crippen molar-refractivity contribution in [1.82, 2.24) is 0 Å². The van der Waals surface area contributed by atoms with Crippen molar-refractivity contribution in [2.24, 2.45) is 0 Å². The van der Waals surface area contributed by atoms with Crippen LogP contribution in [0.4, 0.5) is 0 Å². The first kappa shape index (κ1) is 25.8. The Balaban J connectivity index is 1.99. The lowest BCUT2D eigenvalue weighted by atomic mass is 9.90. The van der Waals surface area contributed by atoms with Crippen LogP contribution in [-0.4, -0.2) is 16.1 Å². The smallest absolute Gasteiger partial charge is 0.0792 e. The van der Waals surface area contributed by atoms with E-state index in [4.69, 9.17) is 0 Å². The highest BCUT2D eigenvalue weighted by molar-refractivity contribution is 6.93. The summed E-state index contributed by atoms with van der Waals surface area (Å²) in [5.74, 6) is 0. The lowest BCUT2D eigenvalue weighted by Gasteiger charge is -2.33. The highest BCUT2D eigenvalue weighted by atomic mass is 28.3. The van der Waals surface area contributed by atoms with E-state index < -0.39 is 16.1 Å². The second-order valence-electron chi connectivity index (χ2n) is 13.0. The molecule has 194 valence electrons. The van der Waals surface area contributed by atoms with Gasteiger partial charge in [0.1, 0.15) is 0 Å². The summed E-state index contributed by atoms with van der Waals surface area (Å²) >= 11 is 0. The second-order valence-corrected chi connectivity index (χ2v) is 23.0. The van der Waals surface area contributed by atoms with Gasteiger partial charge in [-0.25, -0.2) is 0 Å². The maximum Gasteiger partial charge on any atom is 0.0792 e. The minimum Gasteiger partial charge on any atom is -0.0801 e.